The Bertz CT molecular complexity index is 252. The molecule has 0 spiro atoms. The Hall–Kier alpha value is -0.690. The molecule has 0 bridgehead atoms. The number of rotatable bonds is 1. The van der Waals surface area contributed by atoms with Gasteiger partial charge in [0.1, 0.15) is 0 Å². The molecule has 6 heteroatoms. The molecule has 14 heavy (non-hydrogen) atoms. The standard InChI is InChI=1S/C8H16N3O3/c1-7(2)6(5-9-12)10(13)8(3,4)11(7)14/h5-6,12,14H,1-4H3/q-1/b9-5+. The van der Waals surface area contributed by atoms with E-state index in [1.165, 1.54) is 0 Å². The molecule has 1 saturated heterocycles. The fourth-order valence-electron chi connectivity index (χ4n) is 1.86. The predicted octanol–water partition coefficient (Wildman–Crippen LogP) is 0.834. The average Bonchev–Trinajstić information content (AvgIpc) is 2.19. The molecule has 1 atom stereocenters. The highest BCUT2D eigenvalue weighted by molar-refractivity contribution is 5.67. The lowest BCUT2D eigenvalue weighted by atomic mass is 9.97. The molecule has 2 N–H and O–H groups in total. The fourth-order valence-corrected chi connectivity index (χ4v) is 1.86. The fraction of sp³-hybridized carbons (Fsp3) is 0.875. The first-order valence-electron chi connectivity index (χ1n) is 4.39. The molecular formula is C8H16N3O3-. The van der Waals surface area contributed by atoms with Gasteiger partial charge in [0.25, 0.3) is 0 Å². The first-order valence-corrected chi connectivity index (χ1v) is 4.39. The molecule has 1 unspecified atom stereocenters. The number of hydrogen-bond donors (Lipinski definition) is 2. The van der Waals surface area contributed by atoms with Gasteiger partial charge in [0.15, 0.2) is 0 Å². The Morgan fingerprint density at radius 1 is 1.36 bits per heavy atom. The zero-order valence-corrected chi connectivity index (χ0v) is 8.80. The van der Waals surface area contributed by atoms with Crippen molar-refractivity contribution < 1.29 is 10.4 Å². The quantitative estimate of drug-likeness (QED) is 0.374. The smallest absolute Gasteiger partial charge is 0.0818 e. The van der Waals surface area contributed by atoms with Crippen molar-refractivity contribution in [2.75, 3.05) is 0 Å². The van der Waals surface area contributed by atoms with Gasteiger partial charge in [-0.2, -0.15) is 5.06 Å². The van der Waals surface area contributed by atoms with E-state index in [9.17, 15) is 10.4 Å². The summed E-state index contributed by atoms with van der Waals surface area (Å²) in [6, 6.07) is -0.674. The topological polar surface area (TPSA) is 82.4 Å². The van der Waals surface area contributed by atoms with E-state index < -0.39 is 17.2 Å². The first kappa shape index (κ1) is 11.4. The Morgan fingerprint density at radius 2 is 1.86 bits per heavy atom. The summed E-state index contributed by atoms with van der Waals surface area (Å²) < 4.78 is 0. The van der Waals surface area contributed by atoms with Gasteiger partial charge in [-0.3, -0.25) is 0 Å². The van der Waals surface area contributed by atoms with Crippen molar-refractivity contribution in [3.63, 3.8) is 0 Å². The molecule has 0 aliphatic carbocycles. The Morgan fingerprint density at radius 3 is 2.14 bits per heavy atom. The van der Waals surface area contributed by atoms with Crippen LogP contribution in [0, 0.1) is 5.21 Å². The first-order chi connectivity index (χ1) is 6.26. The van der Waals surface area contributed by atoms with Gasteiger partial charge in [-0.05, 0) is 27.7 Å². The minimum atomic E-state index is -1.02. The van der Waals surface area contributed by atoms with Gasteiger partial charge in [0.05, 0.1) is 23.5 Å². The third-order valence-corrected chi connectivity index (χ3v) is 2.79. The SMILES string of the molecule is CC1(C)C(/C=N/O)N([O-])C(C)(C)N1O. The molecule has 82 valence electrons. The van der Waals surface area contributed by atoms with E-state index in [0.717, 1.165) is 11.3 Å². The lowest BCUT2D eigenvalue weighted by Crippen LogP contribution is -2.49. The summed E-state index contributed by atoms with van der Waals surface area (Å²) in [5.74, 6) is 0. The summed E-state index contributed by atoms with van der Waals surface area (Å²) in [4.78, 5) is 0. The highest BCUT2D eigenvalue weighted by Gasteiger charge is 2.52. The van der Waals surface area contributed by atoms with Crippen molar-refractivity contribution in [3.05, 3.63) is 5.21 Å². The summed E-state index contributed by atoms with van der Waals surface area (Å²) in [6.07, 6.45) is 1.13. The summed E-state index contributed by atoms with van der Waals surface area (Å²) in [5, 5.41) is 34.6. The van der Waals surface area contributed by atoms with E-state index >= 15 is 0 Å². The zero-order valence-electron chi connectivity index (χ0n) is 8.80. The number of hydroxylamine groups is 4. The highest BCUT2D eigenvalue weighted by atomic mass is 16.6. The molecule has 0 aromatic carbocycles. The van der Waals surface area contributed by atoms with Crippen molar-refractivity contribution in [2.24, 2.45) is 5.16 Å². The Kier molecular flexibility index (Phi) is 2.57. The van der Waals surface area contributed by atoms with Gasteiger partial charge >= 0.3 is 0 Å². The second kappa shape index (κ2) is 3.16. The lowest BCUT2D eigenvalue weighted by Gasteiger charge is -2.40. The largest absolute Gasteiger partial charge is 0.783 e. The summed E-state index contributed by atoms with van der Waals surface area (Å²) >= 11 is 0. The van der Waals surface area contributed by atoms with E-state index in [4.69, 9.17) is 5.21 Å². The van der Waals surface area contributed by atoms with Gasteiger partial charge in [-0.1, -0.05) is 0 Å². The Balaban J connectivity index is 3.10. The van der Waals surface area contributed by atoms with Crippen LogP contribution in [0.1, 0.15) is 27.7 Å². The van der Waals surface area contributed by atoms with Crippen LogP contribution < -0.4 is 0 Å². The molecule has 0 aromatic heterocycles. The van der Waals surface area contributed by atoms with E-state index in [0.29, 0.717) is 5.06 Å². The van der Waals surface area contributed by atoms with E-state index in [-0.39, 0.29) is 0 Å². The van der Waals surface area contributed by atoms with Crippen LogP contribution in [0.15, 0.2) is 5.16 Å². The van der Waals surface area contributed by atoms with Crippen molar-refractivity contribution in [1.82, 2.24) is 10.1 Å². The van der Waals surface area contributed by atoms with Gasteiger partial charge in [0.2, 0.25) is 0 Å². The van der Waals surface area contributed by atoms with Crippen molar-refractivity contribution in [3.8, 4) is 0 Å². The second-order valence-corrected chi connectivity index (χ2v) is 4.50. The van der Waals surface area contributed by atoms with Crippen molar-refractivity contribution >= 4 is 6.21 Å². The highest BCUT2D eigenvalue weighted by Crippen LogP contribution is 2.38. The van der Waals surface area contributed by atoms with Crippen LogP contribution in [0.4, 0.5) is 0 Å². The van der Waals surface area contributed by atoms with E-state index in [2.05, 4.69) is 5.16 Å². The van der Waals surface area contributed by atoms with Gasteiger partial charge in [-0.15, -0.1) is 5.16 Å². The number of oxime groups is 1. The molecule has 1 aliphatic heterocycles. The maximum atomic E-state index is 11.8. The minimum absolute atomic E-state index is 0.674. The van der Waals surface area contributed by atoms with Crippen LogP contribution in [-0.4, -0.2) is 44.0 Å². The maximum absolute atomic E-state index is 11.8. The monoisotopic (exact) mass is 202 g/mol. The molecule has 1 rings (SSSR count). The van der Waals surface area contributed by atoms with E-state index in [1.54, 1.807) is 27.7 Å². The molecule has 0 aromatic rings. The summed E-state index contributed by atoms with van der Waals surface area (Å²) in [7, 11) is 0. The van der Waals surface area contributed by atoms with Crippen LogP contribution in [0.5, 0.6) is 0 Å². The lowest BCUT2D eigenvalue weighted by molar-refractivity contribution is -0.206. The third-order valence-electron chi connectivity index (χ3n) is 2.79. The molecule has 6 nitrogen and oxygen atoms in total. The minimum Gasteiger partial charge on any atom is -0.783 e. The van der Waals surface area contributed by atoms with Crippen LogP contribution in [0.2, 0.25) is 0 Å². The maximum Gasteiger partial charge on any atom is 0.0818 e. The molecule has 1 aliphatic rings. The van der Waals surface area contributed by atoms with Crippen LogP contribution >= 0.6 is 0 Å². The van der Waals surface area contributed by atoms with Gasteiger partial charge in [0, 0.05) is 0 Å². The van der Waals surface area contributed by atoms with Gasteiger partial charge in [-0.25, -0.2) is 0 Å². The molecule has 0 radical (unpaired) electrons. The Labute approximate surface area is 82.9 Å². The number of hydrogen-bond acceptors (Lipinski definition) is 6. The second-order valence-electron chi connectivity index (χ2n) is 4.50. The zero-order chi connectivity index (χ0) is 11.1. The number of nitrogens with zero attached hydrogens (tertiary/aromatic N) is 3. The molecule has 0 saturated carbocycles. The third kappa shape index (κ3) is 1.31. The predicted molar refractivity (Wildman–Crippen MR) is 51.1 cm³/mol. The van der Waals surface area contributed by atoms with E-state index in [1.807, 2.05) is 0 Å². The van der Waals surface area contributed by atoms with Crippen LogP contribution in [0.3, 0.4) is 0 Å². The summed E-state index contributed by atoms with van der Waals surface area (Å²) in [6.45, 7) is 6.62. The molecular weight excluding hydrogens is 186 g/mol. The van der Waals surface area contributed by atoms with Crippen molar-refractivity contribution in [2.45, 2.75) is 44.9 Å². The average molecular weight is 202 g/mol. The summed E-state index contributed by atoms with van der Waals surface area (Å²) in [5.41, 5.74) is -1.80. The molecule has 0 amide bonds. The normalized spacial score (nSPS) is 32.9. The van der Waals surface area contributed by atoms with Gasteiger partial charge < -0.3 is 20.7 Å². The molecule has 1 heterocycles. The van der Waals surface area contributed by atoms with Crippen LogP contribution in [-0.2, 0) is 0 Å². The van der Waals surface area contributed by atoms with Crippen LogP contribution in [0.25, 0.3) is 0 Å². The molecule has 1 fully saturated rings. The van der Waals surface area contributed by atoms with Crippen molar-refractivity contribution in [1.29, 1.82) is 0 Å².